The molecule has 0 aliphatic carbocycles. The summed E-state index contributed by atoms with van der Waals surface area (Å²) in [6, 6.07) is 0. The Morgan fingerprint density at radius 3 is 2.50 bits per heavy atom. The molecule has 0 aromatic carbocycles. The lowest BCUT2D eigenvalue weighted by atomic mass is 10.0. The largest absolute Gasteiger partial charge is 0.465 e. The minimum atomic E-state index is -1.82. The minimum absolute atomic E-state index is 0.164. The predicted molar refractivity (Wildman–Crippen MR) is 97.8 cm³/mol. The van der Waals surface area contributed by atoms with Crippen LogP contribution in [0.4, 0.5) is 0 Å². The lowest BCUT2D eigenvalue weighted by Gasteiger charge is -2.39. The van der Waals surface area contributed by atoms with Crippen LogP contribution >= 0.6 is 11.8 Å². The van der Waals surface area contributed by atoms with Gasteiger partial charge in [0.2, 0.25) is 0 Å². The molecule has 0 spiro atoms. The Morgan fingerprint density at radius 2 is 2.05 bits per heavy atom. The molecule has 1 aliphatic heterocycles. The zero-order valence-electron chi connectivity index (χ0n) is 15.1. The molecule has 4 atom stereocenters. The summed E-state index contributed by atoms with van der Waals surface area (Å²) < 4.78 is 11.9. The van der Waals surface area contributed by atoms with Crippen LogP contribution in [0.5, 0.6) is 0 Å². The van der Waals surface area contributed by atoms with Gasteiger partial charge in [-0.3, -0.25) is 4.79 Å². The first kappa shape index (κ1) is 19.8. The van der Waals surface area contributed by atoms with Gasteiger partial charge in [0.15, 0.2) is 8.32 Å². The Kier molecular flexibility index (Phi) is 6.78. The van der Waals surface area contributed by atoms with Crippen LogP contribution in [0.15, 0.2) is 12.7 Å². The van der Waals surface area contributed by atoms with Crippen LogP contribution in [0.1, 0.15) is 41.0 Å². The van der Waals surface area contributed by atoms with Crippen molar-refractivity contribution in [3.05, 3.63) is 12.7 Å². The van der Waals surface area contributed by atoms with Crippen molar-refractivity contribution in [1.82, 2.24) is 0 Å². The molecule has 0 aromatic rings. The molecule has 1 fully saturated rings. The molecule has 5 heteroatoms. The Morgan fingerprint density at radius 1 is 1.45 bits per heavy atom. The van der Waals surface area contributed by atoms with E-state index in [4.69, 9.17) is 9.16 Å². The molecule has 1 aliphatic rings. The molecular weight excluding hydrogens is 312 g/mol. The van der Waals surface area contributed by atoms with Crippen molar-refractivity contribution in [3.8, 4) is 0 Å². The second-order valence-electron chi connectivity index (χ2n) is 7.76. The highest BCUT2D eigenvalue weighted by molar-refractivity contribution is 8.00. The molecule has 0 bridgehead atoms. The minimum Gasteiger partial charge on any atom is -0.465 e. The lowest BCUT2D eigenvalue weighted by molar-refractivity contribution is -0.141. The van der Waals surface area contributed by atoms with Crippen LogP contribution in [0.25, 0.3) is 0 Å². The van der Waals surface area contributed by atoms with Crippen molar-refractivity contribution >= 4 is 26.0 Å². The Labute approximate surface area is 141 Å². The third-order valence-electron chi connectivity index (χ3n) is 4.89. The van der Waals surface area contributed by atoms with Gasteiger partial charge in [-0.25, -0.2) is 0 Å². The van der Waals surface area contributed by atoms with Crippen molar-refractivity contribution in [2.75, 3.05) is 6.61 Å². The highest BCUT2D eigenvalue weighted by Crippen LogP contribution is 2.44. The highest BCUT2D eigenvalue weighted by atomic mass is 32.2. The molecule has 1 saturated heterocycles. The SMILES string of the molecule is C=CC(C)[C@@H]1C[C@H](O[Si](C)(C)C(C)(C)C)[C@@H](COC(C)=O)S1. The molecular formula is C17H32O3SSi. The average molecular weight is 345 g/mol. The first-order valence-electron chi connectivity index (χ1n) is 8.07. The van der Waals surface area contributed by atoms with E-state index in [1.807, 2.05) is 17.8 Å². The summed E-state index contributed by atoms with van der Waals surface area (Å²) in [6.07, 6.45) is 3.18. The number of esters is 1. The van der Waals surface area contributed by atoms with Gasteiger partial charge in [0.1, 0.15) is 6.61 Å². The van der Waals surface area contributed by atoms with Gasteiger partial charge < -0.3 is 9.16 Å². The summed E-state index contributed by atoms with van der Waals surface area (Å²) in [4.78, 5) is 11.1. The van der Waals surface area contributed by atoms with Crippen LogP contribution < -0.4 is 0 Å². The number of hydrogen-bond donors (Lipinski definition) is 0. The van der Waals surface area contributed by atoms with E-state index in [1.165, 1.54) is 6.92 Å². The fourth-order valence-corrected chi connectivity index (χ4v) is 5.33. The monoisotopic (exact) mass is 344 g/mol. The Bertz CT molecular complexity index is 403. The second kappa shape index (κ2) is 7.54. The molecule has 3 nitrogen and oxygen atoms in total. The van der Waals surface area contributed by atoms with Gasteiger partial charge >= 0.3 is 5.97 Å². The predicted octanol–water partition coefficient (Wildman–Crippen LogP) is 4.64. The average Bonchev–Trinajstić information content (AvgIpc) is 2.76. The van der Waals surface area contributed by atoms with Crippen molar-refractivity contribution < 1.29 is 14.0 Å². The Hall–Kier alpha value is -0.263. The number of carbonyl (C=O) groups excluding carboxylic acids is 1. The molecule has 0 N–H and O–H groups in total. The molecule has 22 heavy (non-hydrogen) atoms. The van der Waals surface area contributed by atoms with Gasteiger partial charge in [0.25, 0.3) is 0 Å². The molecule has 0 aromatic heterocycles. The highest BCUT2D eigenvalue weighted by Gasteiger charge is 2.45. The third kappa shape index (κ3) is 5.13. The van der Waals surface area contributed by atoms with Gasteiger partial charge in [-0.1, -0.05) is 33.8 Å². The number of hydrogen-bond acceptors (Lipinski definition) is 4. The van der Waals surface area contributed by atoms with Gasteiger partial charge in [-0.2, -0.15) is 0 Å². The number of thioether (sulfide) groups is 1. The van der Waals surface area contributed by atoms with Crippen molar-refractivity contribution in [1.29, 1.82) is 0 Å². The fraction of sp³-hybridized carbons (Fsp3) is 0.824. The van der Waals surface area contributed by atoms with E-state index in [1.54, 1.807) is 0 Å². The van der Waals surface area contributed by atoms with E-state index in [-0.39, 0.29) is 22.4 Å². The summed E-state index contributed by atoms with van der Waals surface area (Å²) in [5, 5.41) is 0.907. The molecule has 0 saturated carbocycles. The van der Waals surface area contributed by atoms with Crippen LogP contribution in [-0.2, 0) is 14.0 Å². The Balaban J connectivity index is 2.82. The first-order chi connectivity index (χ1) is 9.98. The van der Waals surface area contributed by atoms with Crippen LogP contribution in [0.2, 0.25) is 18.1 Å². The smallest absolute Gasteiger partial charge is 0.302 e. The number of allylic oxidation sites excluding steroid dienone is 1. The normalized spacial score (nSPS) is 27.5. The maximum absolute atomic E-state index is 11.1. The number of carbonyl (C=O) groups is 1. The molecule has 0 radical (unpaired) electrons. The van der Waals surface area contributed by atoms with Gasteiger partial charge in [-0.15, -0.1) is 18.3 Å². The van der Waals surface area contributed by atoms with Gasteiger partial charge in [0.05, 0.1) is 11.4 Å². The van der Waals surface area contributed by atoms with E-state index in [0.29, 0.717) is 17.8 Å². The van der Waals surface area contributed by atoms with Crippen molar-refractivity contribution in [2.45, 2.75) is 75.8 Å². The first-order valence-corrected chi connectivity index (χ1v) is 11.9. The molecule has 1 unspecified atom stereocenters. The van der Waals surface area contributed by atoms with Crippen LogP contribution in [0.3, 0.4) is 0 Å². The maximum atomic E-state index is 11.1. The number of rotatable bonds is 6. The maximum Gasteiger partial charge on any atom is 0.302 e. The molecule has 1 rings (SSSR count). The van der Waals surface area contributed by atoms with E-state index in [0.717, 1.165) is 6.42 Å². The van der Waals surface area contributed by atoms with Gasteiger partial charge in [0, 0.05) is 12.2 Å². The summed E-state index contributed by atoms with van der Waals surface area (Å²) in [5.74, 6) is 0.227. The standard InChI is InChI=1S/C17H32O3SSi/c1-9-12(2)15-10-14(16(21-15)11-19-13(3)18)20-22(7,8)17(4,5)6/h9,12,14-16H,1,10-11H2,2-8H3/t12?,14-,15-,16+/m0/s1. The zero-order chi connectivity index (χ0) is 17.1. The van der Waals surface area contributed by atoms with Crippen LogP contribution in [-0.4, -0.2) is 37.5 Å². The van der Waals surface area contributed by atoms with Gasteiger partial charge in [-0.05, 0) is 30.5 Å². The molecule has 128 valence electrons. The zero-order valence-corrected chi connectivity index (χ0v) is 17.0. The van der Waals surface area contributed by atoms with E-state index in [9.17, 15) is 4.79 Å². The number of ether oxygens (including phenoxy) is 1. The quantitative estimate of drug-likeness (QED) is 0.399. The molecule has 1 heterocycles. The van der Waals surface area contributed by atoms with Crippen LogP contribution in [0, 0.1) is 5.92 Å². The summed E-state index contributed by atoms with van der Waals surface area (Å²) in [7, 11) is -1.82. The second-order valence-corrected chi connectivity index (χ2v) is 14.0. The molecule has 0 amide bonds. The van der Waals surface area contributed by atoms with E-state index in [2.05, 4.69) is 47.4 Å². The summed E-state index contributed by atoms with van der Waals surface area (Å²) in [6.45, 7) is 19.4. The lowest BCUT2D eigenvalue weighted by Crippen LogP contribution is -2.46. The van der Waals surface area contributed by atoms with E-state index >= 15 is 0 Å². The van der Waals surface area contributed by atoms with E-state index < -0.39 is 8.32 Å². The summed E-state index contributed by atoms with van der Waals surface area (Å²) >= 11 is 1.89. The third-order valence-corrected chi connectivity index (χ3v) is 11.2. The topological polar surface area (TPSA) is 35.5 Å². The van der Waals surface area contributed by atoms with Crippen molar-refractivity contribution in [2.24, 2.45) is 5.92 Å². The summed E-state index contributed by atoms with van der Waals surface area (Å²) in [5.41, 5.74) is 0. The van der Waals surface area contributed by atoms with Crippen molar-refractivity contribution in [3.63, 3.8) is 0 Å². The fourth-order valence-electron chi connectivity index (χ4n) is 2.26.